The number of nitrogens with one attached hydrogen (secondary N) is 1. The molecule has 0 aromatic carbocycles. The molecule has 1 aliphatic heterocycles. The Kier molecular flexibility index (Phi) is 2.54. The molecule has 2 aliphatic rings. The van der Waals surface area contributed by atoms with Crippen LogP contribution in [0.4, 0.5) is 0 Å². The van der Waals surface area contributed by atoms with Crippen LogP contribution in [0.1, 0.15) is 32.1 Å². The van der Waals surface area contributed by atoms with Gasteiger partial charge in [0.25, 0.3) is 0 Å². The topological polar surface area (TPSA) is 49.3 Å². The molecule has 13 heavy (non-hydrogen) atoms. The molecular weight excluding hydrogens is 166 g/mol. The number of rotatable bonds is 1. The van der Waals surface area contributed by atoms with Gasteiger partial charge in [0.1, 0.15) is 6.04 Å². The van der Waals surface area contributed by atoms with Gasteiger partial charge in [0.2, 0.25) is 0 Å². The third-order valence-corrected chi connectivity index (χ3v) is 3.53. The summed E-state index contributed by atoms with van der Waals surface area (Å²) in [4.78, 5) is 10.8. The van der Waals surface area contributed by atoms with Gasteiger partial charge in [-0.1, -0.05) is 19.3 Å². The Morgan fingerprint density at radius 3 is 2.62 bits per heavy atom. The lowest BCUT2D eigenvalue weighted by molar-refractivity contribution is -0.141. The van der Waals surface area contributed by atoms with Crippen molar-refractivity contribution in [3.63, 3.8) is 0 Å². The number of fused-ring (bicyclic) bond motifs is 1. The number of piperidine rings is 1. The second kappa shape index (κ2) is 3.66. The lowest BCUT2D eigenvalue weighted by atomic mass is 9.74. The molecule has 0 spiro atoms. The van der Waals surface area contributed by atoms with Crippen LogP contribution in [0, 0.1) is 11.8 Å². The Morgan fingerprint density at radius 1 is 1.23 bits per heavy atom. The van der Waals surface area contributed by atoms with Gasteiger partial charge in [-0.05, 0) is 31.2 Å². The summed E-state index contributed by atoms with van der Waals surface area (Å²) in [6.07, 6.45) is 6.02. The number of aliphatic carboxylic acids is 1. The van der Waals surface area contributed by atoms with Crippen LogP contribution in [0.15, 0.2) is 0 Å². The second-order valence-electron chi connectivity index (χ2n) is 4.34. The summed E-state index contributed by atoms with van der Waals surface area (Å²) in [5.74, 6) is 0.754. The molecule has 1 aliphatic carbocycles. The van der Waals surface area contributed by atoms with Gasteiger partial charge >= 0.3 is 5.97 Å². The summed E-state index contributed by atoms with van der Waals surface area (Å²) in [6.45, 7) is 0.918. The van der Waals surface area contributed by atoms with Crippen molar-refractivity contribution in [3.8, 4) is 0 Å². The molecule has 3 atom stereocenters. The van der Waals surface area contributed by atoms with Gasteiger partial charge in [0, 0.05) is 0 Å². The van der Waals surface area contributed by atoms with Gasteiger partial charge in [-0.15, -0.1) is 0 Å². The lowest BCUT2D eigenvalue weighted by Gasteiger charge is -2.38. The third kappa shape index (κ3) is 1.85. The molecule has 0 radical (unpaired) electrons. The van der Waals surface area contributed by atoms with Crippen molar-refractivity contribution in [2.24, 2.45) is 11.8 Å². The van der Waals surface area contributed by atoms with E-state index in [1.54, 1.807) is 0 Å². The summed E-state index contributed by atoms with van der Waals surface area (Å²) < 4.78 is 0. The number of carboxylic acids is 1. The first-order chi connectivity index (χ1) is 6.27. The highest BCUT2D eigenvalue weighted by Crippen LogP contribution is 2.35. The molecule has 1 heterocycles. The first-order valence-corrected chi connectivity index (χ1v) is 5.23. The molecule has 0 bridgehead atoms. The summed E-state index contributed by atoms with van der Waals surface area (Å²) in [5, 5.41) is 12.0. The minimum absolute atomic E-state index is 0.278. The maximum Gasteiger partial charge on any atom is 0.320 e. The second-order valence-corrected chi connectivity index (χ2v) is 4.34. The van der Waals surface area contributed by atoms with E-state index >= 15 is 0 Å². The van der Waals surface area contributed by atoms with Crippen molar-refractivity contribution in [2.45, 2.75) is 38.1 Å². The summed E-state index contributed by atoms with van der Waals surface area (Å²) in [6, 6.07) is -0.278. The van der Waals surface area contributed by atoms with Crippen molar-refractivity contribution >= 4 is 5.97 Å². The Morgan fingerprint density at radius 2 is 1.92 bits per heavy atom. The van der Waals surface area contributed by atoms with E-state index < -0.39 is 5.97 Å². The molecule has 1 saturated carbocycles. The highest BCUT2D eigenvalue weighted by Gasteiger charge is 2.34. The molecule has 2 N–H and O–H groups in total. The Labute approximate surface area is 78.5 Å². The number of carbonyl (C=O) groups is 1. The zero-order valence-corrected chi connectivity index (χ0v) is 7.83. The quantitative estimate of drug-likeness (QED) is 0.643. The summed E-state index contributed by atoms with van der Waals surface area (Å²) in [5.41, 5.74) is 0. The van der Waals surface area contributed by atoms with E-state index in [0.29, 0.717) is 5.92 Å². The van der Waals surface area contributed by atoms with Crippen LogP contribution in [0.2, 0.25) is 0 Å². The largest absolute Gasteiger partial charge is 0.480 e. The first-order valence-electron chi connectivity index (χ1n) is 5.23. The molecule has 2 fully saturated rings. The van der Waals surface area contributed by atoms with E-state index in [4.69, 9.17) is 5.11 Å². The van der Waals surface area contributed by atoms with E-state index in [2.05, 4.69) is 5.32 Å². The summed E-state index contributed by atoms with van der Waals surface area (Å²) >= 11 is 0. The van der Waals surface area contributed by atoms with Crippen molar-refractivity contribution in [2.75, 3.05) is 6.54 Å². The van der Waals surface area contributed by atoms with Gasteiger partial charge < -0.3 is 10.4 Å². The van der Waals surface area contributed by atoms with E-state index in [-0.39, 0.29) is 6.04 Å². The zero-order chi connectivity index (χ0) is 9.26. The lowest BCUT2D eigenvalue weighted by Crippen LogP contribution is -2.48. The van der Waals surface area contributed by atoms with E-state index in [1.807, 2.05) is 0 Å². The minimum atomic E-state index is -0.677. The number of carboxylic acid groups (broad SMARTS) is 1. The number of hydrogen-bond donors (Lipinski definition) is 2. The van der Waals surface area contributed by atoms with Crippen LogP contribution >= 0.6 is 0 Å². The average molecular weight is 183 g/mol. The maximum absolute atomic E-state index is 10.8. The van der Waals surface area contributed by atoms with Crippen LogP contribution in [-0.4, -0.2) is 23.7 Å². The number of hydrogen-bond acceptors (Lipinski definition) is 2. The molecule has 0 amide bonds. The Bertz CT molecular complexity index is 205. The molecule has 74 valence electrons. The van der Waals surface area contributed by atoms with E-state index in [1.165, 1.54) is 25.7 Å². The van der Waals surface area contributed by atoms with Crippen LogP contribution in [0.3, 0.4) is 0 Å². The van der Waals surface area contributed by atoms with Gasteiger partial charge in [0.15, 0.2) is 0 Å². The SMILES string of the molecule is O=C(O)C1C[C@@H]2CCCC[C@@H]2CN1. The monoisotopic (exact) mass is 183 g/mol. The maximum atomic E-state index is 10.8. The van der Waals surface area contributed by atoms with E-state index in [0.717, 1.165) is 18.9 Å². The average Bonchev–Trinajstić information content (AvgIpc) is 2.17. The molecule has 2 rings (SSSR count). The zero-order valence-electron chi connectivity index (χ0n) is 7.83. The molecule has 3 heteroatoms. The highest BCUT2D eigenvalue weighted by molar-refractivity contribution is 5.73. The van der Waals surface area contributed by atoms with Crippen molar-refractivity contribution in [3.05, 3.63) is 0 Å². The fourth-order valence-corrected chi connectivity index (χ4v) is 2.73. The fourth-order valence-electron chi connectivity index (χ4n) is 2.73. The van der Waals surface area contributed by atoms with Crippen molar-refractivity contribution in [1.82, 2.24) is 5.32 Å². The van der Waals surface area contributed by atoms with Crippen LogP contribution in [0.5, 0.6) is 0 Å². The van der Waals surface area contributed by atoms with Gasteiger partial charge in [-0.3, -0.25) is 4.79 Å². The van der Waals surface area contributed by atoms with Crippen LogP contribution in [0.25, 0.3) is 0 Å². The first kappa shape index (κ1) is 9.00. The van der Waals surface area contributed by atoms with Gasteiger partial charge in [0.05, 0.1) is 0 Å². The molecular formula is C10H17NO2. The predicted octanol–water partition coefficient (Wildman–Crippen LogP) is 1.24. The van der Waals surface area contributed by atoms with Crippen molar-refractivity contribution < 1.29 is 9.90 Å². The van der Waals surface area contributed by atoms with Crippen LogP contribution < -0.4 is 5.32 Å². The smallest absolute Gasteiger partial charge is 0.320 e. The predicted molar refractivity (Wildman–Crippen MR) is 49.5 cm³/mol. The minimum Gasteiger partial charge on any atom is -0.480 e. The summed E-state index contributed by atoms with van der Waals surface area (Å²) in [7, 11) is 0. The highest BCUT2D eigenvalue weighted by atomic mass is 16.4. The Hall–Kier alpha value is -0.570. The third-order valence-electron chi connectivity index (χ3n) is 3.53. The molecule has 1 saturated heterocycles. The standard InChI is InChI=1S/C10H17NO2/c12-10(13)9-5-7-3-1-2-4-8(7)6-11-9/h7-9,11H,1-6H2,(H,12,13)/t7-,8+,9?/m0/s1. The van der Waals surface area contributed by atoms with Gasteiger partial charge in [-0.25, -0.2) is 0 Å². The molecule has 1 unspecified atom stereocenters. The fraction of sp³-hybridized carbons (Fsp3) is 0.900. The molecule has 3 nitrogen and oxygen atoms in total. The molecule has 0 aromatic rings. The molecule has 0 aromatic heterocycles. The van der Waals surface area contributed by atoms with Crippen molar-refractivity contribution in [1.29, 1.82) is 0 Å². The van der Waals surface area contributed by atoms with Crippen LogP contribution in [-0.2, 0) is 4.79 Å². The Balaban J connectivity index is 1.95. The normalized spacial score (nSPS) is 39.5. The van der Waals surface area contributed by atoms with E-state index in [9.17, 15) is 4.79 Å². The van der Waals surface area contributed by atoms with Gasteiger partial charge in [-0.2, -0.15) is 0 Å².